The van der Waals surface area contributed by atoms with Gasteiger partial charge in [-0.2, -0.15) is 0 Å². The summed E-state index contributed by atoms with van der Waals surface area (Å²) in [6, 6.07) is 8.00. The first-order valence-corrected chi connectivity index (χ1v) is 7.88. The van der Waals surface area contributed by atoms with Gasteiger partial charge in [-0.25, -0.2) is 4.68 Å². The highest BCUT2D eigenvalue weighted by molar-refractivity contribution is 8.07. The highest BCUT2D eigenvalue weighted by Gasteiger charge is 2.38. The number of halogens is 1. The molecule has 2 aliphatic rings. The summed E-state index contributed by atoms with van der Waals surface area (Å²) >= 11 is 9.41. The summed E-state index contributed by atoms with van der Waals surface area (Å²) in [6.45, 7) is 1.97. The van der Waals surface area contributed by atoms with Crippen LogP contribution >= 0.6 is 35.1 Å². The van der Waals surface area contributed by atoms with Crippen molar-refractivity contribution in [3.05, 3.63) is 51.1 Å². The van der Waals surface area contributed by atoms with E-state index in [4.69, 9.17) is 11.6 Å². The summed E-state index contributed by atoms with van der Waals surface area (Å²) in [5.74, 6) is 0.910. The number of aromatic nitrogens is 3. The fourth-order valence-corrected chi connectivity index (χ4v) is 4.61. The minimum absolute atomic E-state index is 0.218. The van der Waals surface area contributed by atoms with Gasteiger partial charge in [0, 0.05) is 10.4 Å². The van der Waals surface area contributed by atoms with Gasteiger partial charge in [-0.05, 0) is 36.4 Å². The van der Waals surface area contributed by atoms with Crippen molar-refractivity contribution in [1.29, 1.82) is 0 Å². The van der Waals surface area contributed by atoms with Crippen LogP contribution in [0, 0.1) is 6.92 Å². The van der Waals surface area contributed by atoms with Crippen LogP contribution in [0.15, 0.2) is 39.9 Å². The molecule has 0 amide bonds. The van der Waals surface area contributed by atoms with E-state index in [1.165, 1.54) is 10.6 Å². The quantitative estimate of drug-likeness (QED) is 0.805. The first-order chi connectivity index (χ1) is 9.24. The van der Waals surface area contributed by atoms with E-state index in [1.807, 2.05) is 19.1 Å². The topological polar surface area (TPSA) is 34.0 Å². The van der Waals surface area contributed by atoms with Crippen LogP contribution in [0.25, 0.3) is 0 Å². The fraction of sp³-hybridized carbons (Fsp3) is 0.167. The second kappa shape index (κ2) is 4.19. The van der Waals surface area contributed by atoms with Gasteiger partial charge < -0.3 is 0 Å². The number of rotatable bonds is 1. The molecule has 2 aromatic rings. The number of hydrogen-bond donors (Lipinski definition) is 0. The molecule has 1 aromatic carbocycles. The molecule has 0 aliphatic carbocycles. The molecule has 2 aliphatic heterocycles. The first kappa shape index (κ1) is 11.7. The number of thioether (sulfide) groups is 2. The number of benzene rings is 1. The predicted octanol–water partition coefficient (Wildman–Crippen LogP) is 3.53. The summed E-state index contributed by atoms with van der Waals surface area (Å²) in [6.07, 6.45) is 0. The van der Waals surface area contributed by atoms with Gasteiger partial charge in [0.15, 0.2) is 5.82 Å². The van der Waals surface area contributed by atoms with Crippen LogP contribution in [-0.2, 0) is 0 Å². The Labute approximate surface area is 123 Å². The highest BCUT2D eigenvalue weighted by atomic mass is 35.5. The van der Waals surface area contributed by atoms with E-state index < -0.39 is 0 Å². The van der Waals surface area contributed by atoms with Crippen LogP contribution in [0.2, 0.25) is 5.02 Å². The molecular weight excluding hydrogens is 300 g/mol. The first-order valence-electron chi connectivity index (χ1n) is 5.74. The van der Waals surface area contributed by atoms with Crippen molar-refractivity contribution in [1.82, 2.24) is 14.9 Å². The maximum atomic E-state index is 5.96. The Balaban J connectivity index is 1.77. The normalized spacial score (nSPS) is 20.4. The molecular formula is C12H9ClN4S2. The SMILES string of the molecule is Cc1nnc2n1N1C(=CS[C@@H]1c1ccc(Cl)cc1)S2. The van der Waals surface area contributed by atoms with Crippen LogP contribution in [0.1, 0.15) is 16.8 Å². The molecule has 4 nitrogen and oxygen atoms in total. The Bertz CT molecular complexity index is 680. The molecule has 96 valence electrons. The van der Waals surface area contributed by atoms with Crippen molar-refractivity contribution in [3.63, 3.8) is 0 Å². The van der Waals surface area contributed by atoms with E-state index in [0.29, 0.717) is 0 Å². The smallest absolute Gasteiger partial charge is 0.216 e. The largest absolute Gasteiger partial charge is 0.252 e. The number of nitrogens with zero attached hydrogens (tertiary/aromatic N) is 4. The maximum Gasteiger partial charge on any atom is 0.216 e. The lowest BCUT2D eigenvalue weighted by Crippen LogP contribution is -2.29. The third-order valence-electron chi connectivity index (χ3n) is 3.08. The molecule has 1 aromatic heterocycles. The number of hydrogen-bond acceptors (Lipinski definition) is 5. The zero-order valence-corrected chi connectivity index (χ0v) is 12.3. The highest BCUT2D eigenvalue weighted by Crippen LogP contribution is 2.51. The van der Waals surface area contributed by atoms with Gasteiger partial charge in [0.1, 0.15) is 10.4 Å². The van der Waals surface area contributed by atoms with Crippen molar-refractivity contribution in [2.45, 2.75) is 17.5 Å². The molecule has 1 atom stereocenters. The monoisotopic (exact) mass is 308 g/mol. The van der Waals surface area contributed by atoms with E-state index in [-0.39, 0.29) is 5.37 Å². The molecule has 3 heterocycles. The Kier molecular flexibility index (Phi) is 2.58. The second-order valence-electron chi connectivity index (χ2n) is 4.28. The van der Waals surface area contributed by atoms with Crippen molar-refractivity contribution in [3.8, 4) is 0 Å². The minimum Gasteiger partial charge on any atom is -0.252 e. The predicted molar refractivity (Wildman–Crippen MR) is 78.7 cm³/mol. The zero-order chi connectivity index (χ0) is 13.0. The lowest BCUT2D eigenvalue weighted by atomic mass is 10.2. The molecule has 0 fully saturated rings. The summed E-state index contributed by atoms with van der Waals surface area (Å²) < 4.78 is 2.08. The third kappa shape index (κ3) is 1.70. The fourth-order valence-electron chi connectivity index (χ4n) is 2.21. The van der Waals surface area contributed by atoms with E-state index in [0.717, 1.165) is 16.0 Å². The van der Waals surface area contributed by atoms with Crippen LogP contribution in [-0.4, -0.2) is 14.9 Å². The summed E-state index contributed by atoms with van der Waals surface area (Å²) in [5, 5.41) is 15.9. The molecule has 0 radical (unpaired) electrons. The lowest BCUT2D eigenvalue weighted by Gasteiger charge is -2.25. The molecule has 0 spiro atoms. The molecule has 7 heteroatoms. The Morgan fingerprint density at radius 2 is 2.00 bits per heavy atom. The Hall–Kier alpha value is -1.11. The molecule has 4 rings (SSSR count). The molecule has 0 saturated carbocycles. The van der Waals surface area contributed by atoms with Gasteiger partial charge in [-0.1, -0.05) is 35.5 Å². The summed E-state index contributed by atoms with van der Waals surface area (Å²) in [4.78, 5) is 0. The average Bonchev–Trinajstić information content (AvgIpc) is 3.03. The minimum atomic E-state index is 0.218. The molecule has 0 bridgehead atoms. The van der Waals surface area contributed by atoms with Crippen LogP contribution < -0.4 is 5.01 Å². The Morgan fingerprint density at radius 3 is 2.79 bits per heavy atom. The standard InChI is InChI=1S/C12H9ClN4S2/c1-7-14-15-12-16(7)17-10(19-12)6-18-11(17)8-2-4-9(13)5-3-8/h2-6,11H,1H3/t11-/m1/s1. The lowest BCUT2D eigenvalue weighted by molar-refractivity contribution is 0.618. The van der Waals surface area contributed by atoms with Crippen LogP contribution in [0.4, 0.5) is 0 Å². The van der Waals surface area contributed by atoms with E-state index in [9.17, 15) is 0 Å². The maximum absolute atomic E-state index is 5.96. The van der Waals surface area contributed by atoms with E-state index in [2.05, 4.69) is 37.4 Å². The molecule has 19 heavy (non-hydrogen) atoms. The average molecular weight is 309 g/mol. The molecule has 0 unspecified atom stereocenters. The zero-order valence-electron chi connectivity index (χ0n) is 9.95. The van der Waals surface area contributed by atoms with Gasteiger partial charge in [0.2, 0.25) is 5.16 Å². The van der Waals surface area contributed by atoms with Crippen LogP contribution in [0.3, 0.4) is 0 Å². The van der Waals surface area contributed by atoms with Gasteiger partial charge in [0.05, 0.1) is 0 Å². The summed E-state index contributed by atoms with van der Waals surface area (Å²) in [7, 11) is 0. The van der Waals surface area contributed by atoms with Gasteiger partial charge in [0.25, 0.3) is 0 Å². The van der Waals surface area contributed by atoms with Crippen molar-refractivity contribution >= 4 is 35.1 Å². The third-order valence-corrected chi connectivity index (χ3v) is 5.52. The van der Waals surface area contributed by atoms with Gasteiger partial charge in [-0.15, -0.1) is 10.2 Å². The van der Waals surface area contributed by atoms with Gasteiger partial charge >= 0.3 is 0 Å². The van der Waals surface area contributed by atoms with E-state index in [1.54, 1.807) is 23.5 Å². The second-order valence-corrected chi connectivity index (χ2v) is 6.66. The van der Waals surface area contributed by atoms with Gasteiger partial charge in [-0.3, -0.25) is 5.01 Å². The molecule has 0 saturated heterocycles. The summed E-state index contributed by atoms with van der Waals surface area (Å²) in [5.41, 5.74) is 1.22. The van der Waals surface area contributed by atoms with E-state index >= 15 is 0 Å². The van der Waals surface area contributed by atoms with Crippen molar-refractivity contribution in [2.24, 2.45) is 0 Å². The van der Waals surface area contributed by atoms with Crippen molar-refractivity contribution < 1.29 is 0 Å². The van der Waals surface area contributed by atoms with Crippen LogP contribution in [0.5, 0.6) is 0 Å². The van der Waals surface area contributed by atoms with Crippen molar-refractivity contribution in [2.75, 3.05) is 5.01 Å². The number of fused-ring (bicyclic) bond motifs is 3. The number of aryl methyl sites for hydroxylation is 1. The molecule has 0 N–H and O–H groups in total. The Morgan fingerprint density at radius 1 is 1.21 bits per heavy atom.